The van der Waals surface area contributed by atoms with Crippen molar-refractivity contribution in [1.29, 1.82) is 0 Å². The van der Waals surface area contributed by atoms with E-state index >= 15 is 0 Å². The molecule has 0 aliphatic carbocycles. The van der Waals surface area contributed by atoms with Gasteiger partial charge in [-0.1, -0.05) is 23.3 Å². The van der Waals surface area contributed by atoms with Gasteiger partial charge in [0.15, 0.2) is 0 Å². The molecule has 5 N–H and O–H groups in total. The van der Waals surface area contributed by atoms with Crippen LogP contribution in [0.1, 0.15) is 23.8 Å². The number of carbonyl (C=O) groups is 1. The normalized spacial score (nSPS) is 21.5. The zero-order chi connectivity index (χ0) is 27.4. The van der Waals surface area contributed by atoms with Crippen molar-refractivity contribution >= 4 is 24.6 Å². The Bertz CT molecular complexity index is 1540. The molecule has 2 aromatic heterocycles. The molecule has 0 bridgehead atoms. The van der Waals surface area contributed by atoms with Crippen molar-refractivity contribution in [2.24, 2.45) is 5.11 Å². The Kier molecular flexibility index (Phi) is 8.17. The molecular formula is C22H27N8O7P. The number of rotatable bonds is 10. The number of H-pyrrole nitrogens is 2. The number of nitrogens with one attached hydrogen (secondary N) is 4. The standard InChI is InChI=1S/C22H27N8O7P/c1-12-10-30(22(33)26-20(12)31)19-8-16(27-29-23)18(37-19)11-36-38(34,35)28-17(21(32)24-2)7-13-9-25-15-6-4-3-5-14(13)15/h3-6,9-10,16-19,25H,7-8,11H2,1-2H3,(H,24,32)(H,26,31,33)(H2,28,34,35)/t16?,17-,18+,19?/m0/s1. The van der Waals surface area contributed by atoms with E-state index in [0.717, 1.165) is 21.0 Å². The van der Waals surface area contributed by atoms with Gasteiger partial charge in [0, 0.05) is 47.2 Å². The second kappa shape index (κ2) is 11.4. The maximum Gasteiger partial charge on any atom is 0.403 e. The molecule has 1 aromatic carbocycles. The number of azide groups is 1. The number of aryl methyl sites for hydroxylation is 1. The first-order valence-electron chi connectivity index (χ1n) is 11.7. The van der Waals surface area contributed by atoms with Crippen LogP contribution >= 0.6 is 7.75 Å². The number of fused-ring (bicyclic) bond motifs is 1. The van der Waals surface area contributed by atoms with E-state index in [1.165, 1.54) is 20.2 Å². The number of aromatic amines is 2. The maximum absolute atomic E-state index is 12.9. The molecule has 202 valence electrons. The lowest BCUT2D eigenvalue weighted by Gasteiger charge is -2.23. The van der Waals surface area contributed by atoms with Crippen molar-refractivity contribution < 1.29 is 23.5 Å². The van der Waals surface area contributed by atoms with E-state index < -0.39 is 55.9 Å². The van der Waals surface area contributed by atoms with Crippen LogP contribution in [0.15, 0.2) is 51.4 Å². The van der Waals surface area contributed by atoms with Gasteiger partial charge in [-0.25, -0.2) is 14.4 Å². The number of hydrogen-bond acceptors (Lipinski definition) is 7. The van der Waals surface area contributed by atoms with Gasteiger partial charge in [-0.2, -0.15) is 0 Å². The van der Waals surface area contributed by atoms with E-state index in [9.17, 15) is 23.8 Å². The number of carbonyl (C=O) groups excluding carboxylic acids is 1. The average molecular weight is 546 g/mol. The second-order valence-electron chi connectivity index (χ2n) is 8.79. The highest BCUT2D eigenvalue weighted by Crippen LogP contribution is 2.40. The number of benzene rings is 1. The van der Waals surface area contributed by atoms with Gasteiger partial charge < -0.3 is 19.9 Å². The van der Waals surface area contributed by atoms with E-state index in [2.05, 4.69) is 30.4 Å². The molecule has 16 heteroatoms. The van der Waals surface area contributed by atoms with Crippen molar-refractivity contribution in [2.75, 3.05) is 13.7 Å². The third-order valence-corrected chi connectivity index (χ3v) is 7.39. The Labute approximate surface area is 215 Å². The van der Waals surface area contributed by atoms with Crippen LogP contribution in [0.5, 0.6) is 0 Å². The van der Waals surface area contributed by atoms with E-state index in [1.54, 1.807) is 6.20 Å². The summed E-state index contributed by atoms with van der Waals surface area (Å²) in [5.41, 5.74) is 9.58. The van der Waals surface area contributed by atoms with Crippen LogP contribution in [0, 0.1) is 6.92 Å². The quantitative estimate of drug-likeness (QED) is 0.108. The molecule has 1 fully saturated rings. The average Bonchev–Trinajstić information content (AvgIpc) is 3.48. The zero-order valence-electron chi connectivity index (χ0n) is 20.5. The summed E-state index contributed by atoms with van der Waals surface area (Å²) in [4.78, 5) is 55.0. The van der Waals surface area contributed by atoms with Gasteiger partial charge in [0.25, 0.3) is 5.56 Å². The minimum Gasteiger partial charge on any atom is -0.361 e. The SMILES string of the molecule is CNC(=O)[C@H](Cc1c[nH]c2ccccc12)NP(=O)(O)OC[C@H]1OC(n2cc(C)c(=O)[nH]c2=O)CC1N=[N+]=[N-]. The smallest absolute Gasteiger partial charge is 0.361 e. The third-order valence-electron chi connectivity index (χ3n) is 6.25. The number of aromatic nitrogens is 3. The van der Waals surface area contributed by atoms with Gasteiger partial charge in [-0.15, -0.1) is 0 Å². The molecule has 1 aliphatic rings. The minimum atomic E-state index is -4.56. The number of amides is 1. The minimum absolute atomic E-state index is 0.0636. The van der Waals surface area contributed by atoms with Crippen molar-refractivity contribution in [3.8, 4) is 0 Å². The first-order valence-corrected chi connectivity index (χ1v) is 13.2. The lowest BCUT2D eigenvalue weighted by molar-refractivity contribution is -0.122. The molecule has 3 heterocycles. The Hall–Kier alpha value is -3.71. The first-order chi connectivity index (χ1) is 18.1. The Morgan fingerprint density at radius 3 is 2.92 bits per heavy atom. The van der Waals surface area contributed by atoms with Crippen LogP contribution < -0.4 is 21.7 Å². The van der Waals surface area contributed by atoms with E-state index in [4.69, 9.17) is 14.8 Å². The van der Waals surface area contributed by atoms with Gasteiger partial charge >= 0.3 is 13.4 Å². The lowest BCUT2D eigenvalue weighted by atomic mass is 10.1. The van der Waals surface area contributed by atoms with Crippen LogP contribution in [0.25, 0.3) is 21.3 Å². The molecule has 5 atom stereocenters. The molecule has 1 amide bonds. The number of ether oxygens (including phenoxy) is 1. The number of para-hydroxylation sites is 1. The lowest BCUT2D eigenvalue weighted by Crippen LogP contribution is -2.43. The first kappa shape index (κ1) is 27.3. The Morgan fingerprint density at radius 2 is 2.18 bits per heavy atom. The van der Waals surface area contributed by atoms with Gasteiger partial charge in [0.1, 0.15) is 12.3 Å². The summed E-state index contributed by atoms with van der Waals surface area (Å²) in [6.07, 6.45) is 1.31. The molecule has 0 spiro atoms. The second-order valence-corrected chi connectivity index (χ2v) is 10.3. The highest BCUT2D eigenvalue weighted by atomic mass is 31.2. The molecule has 4 rings (SSSR count). The third kappa shape index (κ3) is 6.05. The number of nitrogens with zero attached hydrogens (tertiary/aromatic N) is 4. The number of hydrogen-bond donors (Lipinski definition) is 5. The summed E-state index contributed by atoms with van der Waals surface area (Å²) in [5.74, 6) is -0.523. The summed E-state index contributed by atoms with van der Waals surface area (Å²) in [6.45, 7) is 1.04. The van der Waals surface area contributed by atoms with Crippen LogP contribution in [0.4, 0.5) is 0 Å². The van der Waals surface area contributed by atoms with Crippen molar-refractivity contribution in [1.82, 2.24) is 24.9 Å². The van der Waals surface area contributed by atoms with E-state index in [-0.39, 0.29) is 18.4 Å². The number of likely N-dealkylation sites (N-methyl/N-ethyl adjacent to an activating group) is 1. The molecule has 0 radical (unpaired) electrons. The monoisotopic (exact) mass is 546 g/mol. The predicted molar refractivity (Wildman–Crippen MR) is 136 cm³/mol. The van der Waals surface area contributed by atoms with Gasteiger partial charge in [0.05, 0.1) is 18.8 Å². The molecular weight excluding hydrogens is 519 g/mol. The van der Waals surface area contributed by atoms with Gasteiger partial charge in [0.2, 0.25) is 5.91 Å². The molecule has 1 saturated heterocycles. The fourth-order valence-electron chi connectivity index (χ4n) is 4.32. The van der Waals surface area contributed by atoms with Gasteiger partial charge in [-0.05, 0) is 30.5 Å². The molecule has 3 aromatic rings. The fraction of sp³-hybridized carbons (Fsp3) is 0.409. The van der Waals surface area contributed by atoms with Crippen molar-refractivity contribution in [2.45, 2.75) is 44.2 Å². The highest BCUT2D eigenvalue weighted by molar-refractivity contribution is 7.50. The predicted octanol–water partition coefficient (Wildman–Crippen LogP) is 1.36. The summed E-state index contributed by atoms with van der Waals surface area (Å²) in [7, 11) is -3.15. The Balaban J connectivity index is 1.46. The molecule has 1 aliphatic heterocycles. The zero-order valence-corrected chi connectivity index (χ0v) is 21.4. The molecule has 3 unspecified atom stereocenters. The summed E-state index contributed by atoms with van der Waals surface area (Å²) < 4.78 is 25.1. The van der Waals surface area contributed by atoms with E-state index in [0.29, 0.717) is 0 Å². The topological polar surface area (TPSA) is 216 Å². The molecule has 38 heavy (non-hydrogen) atoms. The summed E-state index contributed by atoms with van der Waals surface area (Å²) in [6, 6.07) is 5.52. The fourth-order valence-corrected chi connectivity index (χ4v) is 5.35. The van der Waals surface area contributed by atoms with Crippen LogP contribution in [-0.2, 0) is 25.0 Å². The van der Waals surface area contributed by atoms with Crippen LogP contribution in [-0.4, -0.2) is 57.2 Å². The van der Waals surface area contributed by atoms with Crippen LogP contribution in [0.3, 0.4) is 0 Å². The highest BCUT2D eigenvalue weighted by Gasteiger charge is 2.39. The molecule has 15 nitrogen and oxygen atoms in total. The maximum atomic E-state index is 12.9. The Morgan fingerprint density at radius 1 is 1.42 bits per heavy atom. The van der Waals surface area contributed by atoms with E-state index in [1.807, 2.05) is 24.3 Å². The molecule has 0 saturated carbocycles. The van der Waals surface area contributed by atoms with Crippen molar-refractivity contribution in [3.63, 3.8) is 0 Å². The van der Waals surface area contributed by atoms with Gasteiger partial charge in [-0.3, -0.25) is 23.7 Å². The van der Waals surface area contributed by atoms with Crippen LogP contribution in [0.2, 0.25) is 0 Å². The summed E-state index contributed by atoms with van der Waals surface area (Å²) >= 11 is 0. The summed E-state index contributed by atoms with van der Waals surface area (Å²) in [5, 5.41) is 9.39. The van der Waals surface area contributed by atoms with Crippen molar-refractivity contribution in [3.05, 3.63) is 79.1 Å². The largest absolute Gasteiger partial charge is 0.403 e.